The van der Waals surface area contributed by atoms with E-state index >= 15 is 0 Å². The van der Waals surface area contributed by atoms with E-state index in [1.54, 1.807) is 0 Å². The first kappa shape index (κ1) is 19.7. The van der Waals surface area contributed by atoms with Crippen molar-refractivity contribution >= 4 is 11.8 Å². The molecule has 0 aromatic rings. The van der Waals surface area contributed by atoms with Crippen molar-refractivity contribution in [1.82, 2.24) is 0 Å². The Kier molecular flexibility index (Phi) is 19.8. The number of halogens is 2. The quantitative estimate of drug-likeness (QED) is 0.295. The van der Waals surface area contributed by atoms with Crippen LogP contribution in [0, 0.1) is 6.08 Å². The molecule has 0 N–H and O–H groups in total. The standard InChI is InChI=1S/C9H13S.2ClH.Ti/c1-2-7-10-8-9-5-3-4-6-9;;;/h3,5H,2,4,7-8H2,1H3;2*1H;/q-1;;;+3/p-2. The van der Waals surface area contributed by atoms with Gasteiger partial charge in [0, 0.05) is 0 Å². The first-order valence-corrected chi connectivity index (χ1v) is 4.93. The summed E-state index contributed by atoms with van der Waals surface area (Å²) < 4.78 is 0. The largest absolute Gasteiger partial charge is 3.00 e. The minimum Gasteiger partial charge on any atom is -1.00 e. The number of hydrogen-bond acceptors (Lipinski definition) is 1. The summed E-state index contributed by atoms with van der Waals surface area (Å²) in [5.74, 6) is 2.43. The van der Waals surface area contributed by atoms with Crippen LogP contribution in [0.3, 0.4) is 0 Å². The normalized spacial score (nSPS) is 12.2. The van der Waals surface area contributed by atoms with E-state index < -0.39 is 0 Å². The molecule has 0 spiro atoms. The summed E-state index contributed by atoms with van der Waals surface area (Å²) in [5.41, 5.74) is 1.39. The first-order chi connectivity index (χ1) is 4.93. The van der Waals surface area contributed by atoms with E-state index in [0.717, 1.165) is 12.2 Å². The average molecular weight is 272 g/mol. The summed E-state index contributed by atoms with van der Waals surface area (Å²) >= 11 is 2.00. The maximum absolute atomic E-state index is 3.30. The van der Waals surface area contributed by atoms with Crippen LogP contribution in [0.5, 0.6) is 0 Å². The second-order valence-electron chi connectivity index (χ2n) is 2.36. The maximum Gasteiger partial charge on any atom is 3.00 e. The van der Waals surface area contributed by atoms with Gasteiger partial charge in [-0.3, -0.25) is 6.08 Å². The van der Waals surface area contributed by atoms with Gasteiger partial charge in [0.25, 0.3) is 0 Å². The predicted octanol–water partition coefficient (Wildman–Crippen LogP) is -3.18. The molecular formula is C9H13Cl2STi. The Balaban J connectivity index is -0.000000333. The van der Waals surface area contributed by atoms with Crippen molar-refractivity contribution in [3.63, 3.8) is 0 Å². The van der Waals surface area contributed by atoms with E-state index in [1.165, 1.54) is 17.7 Å². The van der Waals surface area contributed by atoms with E-state index in [1.807, 2.05) is 11.8 Å². The predicted molar refractivity (Wildman–Crippen MR) is 48.1 cm³/mol. The Bertz CT molecular complexity index is 158. The molecule has 1 aliphatic carbocycles. The zero-order valence-electron chi connectivity index (χ0n) is 7.65. The number of thioether (sulfide) groups is 1. The molecule has 0 saturated heterocycles. The smallest absolute Gasteiger partial charge is 1.00 e. The van der Waals surface area contributed by atoms with E-state index in [0.29, 0.717) is 0 Å². The molecular weight excluding hydrogens is 259 g/mol. The van der Waals surface area contributed by atoms with Gasteiger partial charge in [0.1, 0.15) is 0 Å². The van der Waals surface area contributed by atoms with Crippen molar-refractivity contribution in [2.24, 2.45) is 0 Å². The average Bonchev–Trinajstić information content (AvgIpc) is 2.41. The second kappa shape index (κ2) is 13.1. The molecule has 0 aromatic heterocycles. The van der Waals surface area contributed by atoms with Crippen LogP contribution < -0.4 is 24.8 Å². The summed E-state index contributed by atoms with van der Waals surface area (Å²) in [6, 6.07) is 0. The van der Waals surface area contributed by atoms with E-state index in [-0.39, 0.29) is 46.5 Å². The van der Waals surface area contributed by atoms with Crippen LogP contribution in [0.4, 0.5) is 0 Å². The molecule has 0 unspecified atom stereocenters. The summed E-state index contributed by atoms with van der Waals surface area (Å²) in [6.07, 6.45) is 9.96. The minimum absolute atomic E-state index is 0. The van der Waals surface area contributed by atoms with Gasteiger partial charge in [-0.2, -0.15) is 17.8 Å². The SMILES string of the molecule is CCCSCC1=[C-]CC=C1.[Cl-].[Cl-].[Ti+3]. The molecule has 4 heteroatoms. The fourth-order valence-corrected chi connectivity index (χ4v) is 1.73. The van der Waals surface area contributed by atoms with Gasteiger partial charge < -0.3 is 24.8 Å². The molecule has 1 aliphatic rings. The molecule has 0 saturated carbocycles. The zero-order valence-corrected chi connectivity index (χ0v) is 11.5. The molecule has 1 rings (SSSR count). The Morgan fingerprint density at radius 2 is 2.15 bits per heavy atom. The van der Waals surface area contributed by atoms with Crippen molar-refractivity contribution in [3.8, 4) is 0 Å². The van der Waals surface area contributed by atoms with E-state index in [4.69, 9.17) is 0 Å². The Hall–Kier alpha value is 1.12. The summed E-state index contributed by atoms with van der Waals surface area (Å²) in [5, 5.41) is 0. The van der Waals surface area contributed by atoms with Gasteiger partial charge >= 0.3 is 21.7 Å². The van der Waals surface area contributed by atoms with Crippen LogP contribution >= 0.6 is 11.8 Å². The van der Waals surface area contributed by atoms with E-state index in [9.17, 15) is 0 Å². The van der Waals surface area contributed by atoms with Crippen molar-refractivity contribution in [2.75, 3.05) is 11.5 Å². The second-order valence-corrected chi connectivity index (χ2v) is 3.47. The Morgan fingerprint density at radius 3 is 2.62 bits per heavy atom. The van der Waals surface area contributed by atoms with Crippen molar-refractivity contribution in [1.29, 1.82) is 0 Å². The third kappa shape index (κ3) is 9.43. The fraction of sp³-hybridized carbons (Fsp3) is 0.556. The molecule has 0 heterocycles. The van der Waals surface area contributed by atoms with Crippen LogP contribution in [0.1, 0.15) is 19.8 Å². The van der Waals surface area contributed by atoms with Gasteiger partial charge in [-0.1, -0.05) is 6.92 Å². The van der Waals surface area contributed by atoms with Gasteiger partial charge in [0.05, 0.1) is 0 Å². The number of allylic oxidation sites excluding steroid dienone is 3. The maximum atomic E-state index is 3.30. The van der Waals surface area contributed by atoms with Crippen LogP contribution in [-0.2, 0) is 21.7 Å². The Labute approximate surface area is 113 Å². The number of hydrogen-bond donors (Lipinski definition) is 0. The van der Waals surface area contributed by atoms with Gasteiger partial charge in [0.15, 0.2) is 0 Å². The number of rotatable bonds is 4. The zero-order chi connectivity index (χ0) is 7.23. The minimum atomic E-state index is 0. The molecule has 0 fully saturated rings. The first-order valence-electron chi connectivity index (χ1n) is 3.77. The van der Waals surface area contributed by atoms with Gasteiger partial charge in [-0.05, 0) is 17.9 Å². The summed E-state index contributed by atoms with van der Waals surface area (Å²) in [7, 11) is 0. The molecule has 0 atom stereocenters. The van der Waals surface area contributed by atoms with Crippen molar-refractivity contribution in [3.05, 3.63) is 23.8 Å². The van der Waals surface area contributed by atoms with Gasteiger partial charge in [-0.15, -0.1) is 6.42 Å². The molecule has 0 amide bonds. The topological polar surface area (TPSA) is 0 Å². The molecule has 0 aliphatic heterocycles. The summed E-state index contributed by atoms with van der Waals surface area (Å²) in [6.45, 7) is 2.22. The molecule has 13 heavy (non-hydrogen) atoms. The van der Waals surface area contributed by atoms with Crippen molar-refractivity contribution in [2.45, 2.75) is 19.8 Å². The monoisotopic (exact) mass is 271 g/mol. The van der Waals surface area contributed by atoms with Crippen LogP contribution in [0.25, 0.3) is 0 Å². The van der Waals surface area contributed by atoms with Gasteiger partial charge in [-0.25, -0.2) is 11.6 Å². The fourth-order valence-electron chi connectivity index (χ4n) is 0.876. The molecule has 1 radical (unpaired) electrons. The van der Waals surface area contributed by atoms with Gasteiger partial charge in [0.2, 0.25) is 0 Å². The summed E-state index contributed by atoms with van der Waals surface area (Å²) in [4.78, 5) is 0. The molecule has 0 aromatic carbocycles. The third-order valence-electron chi connectivity index (χ3n) is 1.37. The van der Waals surface area contributed by atoms with Crippen LogP contribution in [0.2, 0.25) is 0 Å². The molecule has 0 bridgehead atoms. The molecule has 73 valence electrons. The molecule has 0 nitrogen and oxygen atoms in total. The van der Waals surface area contributed by atoms with Crippen LogP contribution in [-0.4, -0.2) is 11.5 Å². The van der Waals surface area contributed by atoms with Crippen molar-refractivity contribution < 1.29 is 46.5 Å². The van der Waals surface area contributed by atoms with Crippen LogP contribution in [0.15, 0.2) is 17.7 Å². The van der Waals surface area contributed by atoms with E-state index in [2.05, 4.69) is 25.2 Å². The Morgan fingerprint density at radius 1 is 1.46 bits per heavy atom. The third-order valence-corrected chi connectivity index (χ3v) is 2.58.